The van der Waals surface area contributed by atoms with Crippen LogP contribution in [0.2, 0.25) is 0 Å². The fourth-order valence-electron chi connectivity index (χ4n) is 3.04. The van der Waals surface area contributed by atoms with Gasteiger partial charge in [-0.15, -0.1) is 0 Å². The first-order valence-electron chi connectivity index (χ1n) is 8.05. The summed E-state index contributed by atoms with van der Waals surface area (Å²) in [6.07, 6.45) is 2.98. The topological polar surface area (TPSA) is 65.9 Å². The summed E-state index contributed by atoms with van der Waals surface area (Å²) in [5, 5.41) is 9.29. The quantitative estimate of drug-likeness (QED) is 0.897. The molecular weight excluding hydrogens is 325 g/mol. The normalized spacial score (nSPS) is 15.2. The van der Waals surface area contributed by atoms with Crippen LogP contribution in [0.5, 0.6) is 5.75 Å². The van der Waals surface area contributed by atoms with Crippen LogP contribution in [0.15, 0.2) is 36.7 Å². The second-order valence-electron chi connectivity index (χ2n) is 5.93. The molecule has 2 heterocycles. The first-order chi connectivity index (χ1) is 12.1. The lowest BCUT2D eigenvalue weighted by atomic mass is 10.1. The largest absolute Gasteiger partial charge is 0.494 e. The van der Waals surface area contributed by atoms with Gasteiger partial charge < -0.3 is 14.7 Å². The monoisotopic (exact) mass is 345 g/mol. The molecule has 0 atom stereocenters. The van der Waals surface area contributed by atoms with Crippen LogP contribution in [-0.2, 0) is 6.54 Å². The second-order valence-corrected chi connectivity index (χ2v) is 5.93. The molecule has 1 saturated heterocycles. The van der Waals surface area contributed by atoms with Crippen molar-refractivity contribution in [2.75, 3.05) is 38.2 Å². The maximum atomic E-state index is 13.8. The Bertz CT molecular complexity index is 761. The minimum Gasteiger partial charge on any atom is -0.494 e. The Labute approximate surface area is 145 Å². The van der Waals surface area contributed by atoms with E-state index in [0.717, 1.165) is 18.7 Å². The third kappa shape index (κ3) is 3.88. The van der Waals surface area contributed by atoms with Crippen LogP contribution in [0.3, 0.4) is 0 Å². The first-order valence-corrected chi connectivity index (χ1v) is 8.05. The van der Waals surface area contributed by atoms with Crippen LogP contribution in [-0.4, -0.2) is 54.2 Å². The zero-order valence-corrected chi connectivity index (χ0v) is 14.0. The molecule has 1 aliphatic heterocycles. The number of carboxylic acids is 1. The number of benzene rings is 1. The molecule has 1 aromatic carbocycles. The number of nitrogens with zero attached hydrogens (tertiary/aromatic N) is 3. The first kappa shape index (κ1) is 17.2. The van der Waals surface area contributed by atoms with Crippen LogP contribution in [0.4, 0.5) is 10.1 Å². The summed E-state index contributed by atoms with van der Waals surface area (Å²) in [4.78, 5) is 19.5. The molecule has 0 aliphatic carbocycles. The van der Waals surface area contributed by atoms with Crippen LogP contribution in [0.1, 0.15) is 15.9 Å². The molecule has 25 heavy (non-hydrogen) atoms. The minimum absolute atomic E-state index is 0.216. The van der Waals surface area contributed by atoms with Gasteiger partial charge in [0.25, 0.3) is 0 Å². The summed E-state index contributed by atoms with van der Waals surface area (Å²) in [6.45, 7) is 3.62. The fraction of sp³-hybridized carbons (Fsp3) is 0.333. The average molecular weight is 345 g/mol. The molecule has 132 valence electrons. The molecule has 3 rings (SSSR count). The van der Waals surface area contributed by atoms with Gasteiger partial charge in [0.15, 0.2) is 11.6 Å². The number of hydrogen-bond acceptors (Lipinski definition) is 5. The number of aromatic nitrogens is 1. The molecule has 2 aromatic rings. The maximum absolute atomic E-state index is 13.8. The van der Waals surface area contributed by atoms with Crippen molar-refractivity contribution in [1.82, 2.24) is 9.88 Å². The van der Waals surface area contributed by atoms with Crippen molar-refractivity contribution in [3.63, 3.8) is 0 Å². The molecule has 0 radical (unpaired) electrons. The van der Waals surface area contributed by atoms with Gasteiger partial charge in [-0.25, -0.2) is 9.18 Å². The maximum Gasteiger partial charge on any atom is 0.339 e. The van der Waals surface area contributed by atoms with Crippen molar-refractivity contribution in [2.24, 2.45) is 0 Å². The van der Waals surface area contributed by atoms with Crippen LogP contribution >= 0.6 is 0 Å². The Morgan fingerprint density at radius 1 is 1.28 bits per heavy atom. The Morgan fingerprint density at radius 2 is 2.04 bits per heavy atom. The highest BCUT2D eigenvalue weighted by atomic mass is 19.1. The predicted molar refractivity (Wildman–Crippen MR) is 91.6 cm³/mol. The molecule has 0 amide bonds. The van der Waals surface area contributed by atoms with Gasteiger partial charge in [-0.1, -0.05) is 6.07 Å². The number of aromatic carboxylic acids is 1. The number of carboxylic acid groups (broad SMARTS) is 1. The lowest BCUT2D eigenvalue weighted by Gasteiger charge is -2.36. The highest BCUT2D eigenvalue weighted by molar-refractivity contribution is 5.94. The fourth-order valence-corrected chi connectivity index (χ4v) is 3.04. The van der Waals surface area contributed by atoms with Crippen molar-refractivity contribution < 1.29 is 19.0 Å². The van der Waals surface area contributed by atoms with Crippen molar-refractivity contribution in [2.45, 2.75) is 6.54 Å². The molecule has 1 aromatic heterocycles. The van der Waals surface area contributed by atoms with E-state index in [0.29, 0.717) is 25.3 Å². The molecule has 0 bridgehead atoms. The number of halogens is 1. The summed E-state index contributed by atoms with van der Waals surface area (Å²) in [5.74, 6) is -1.09. The number of methoxy groups -OCH3 is 1. The van der Waals surface area contributed by atoms with Crippen LogP contribution < -0.4 is 9.64 Å². The van der Waals surface area contributed by atoms with Gasteiger partial charge in [0.2, 0.25) is 0 Å². The lowest BCUT2D eigenvalue weighted by molar-refractivity contribution is 0.0697. The van der Waals surface area contributed by atoms with E-state index in [-0.39, 0.29) is 17.1 Å². The minimum atomic E-state index is -0.973. The molecule has 0 spiro atoms. The van der Waals surface area contributed by atoms with Crippen LogP contribution in [0.25, 0.3) is 0 Å². The number of rotatable bonds is 5. The van der Waals surface area contributed by atoms with Gasteiger partial charge in [-0.3, -0.25) is 9.88 Å². The number of piperazine rings is 1. The Morgan fingerprint density at radius 3 is 2.68 bits per heavy atom. The van der Waals surface area contributed by atoms with E-state index >= 15 is 0 Å². The standard InChI is InChI=1S/C18H20FN3O3/c1-25-17-3-2-13(10-15(17)19)12-21-6-8-22(9-7-21)16-4-5-20-11-14(16)18(23)24/h2-5,10-11H,6-9,12H2,1H3,(H,23,24). The molecule has 1 N–H and O–H groups in total. The SMILES string of the molecule is COc1ccc(CN2CCN(c3ccncc3C(=O)O)CC2)cc1F. The molecule has 0 unspecified atom stereocenters. The summed E-state index contributed by atoms with van der Waals surface area (Å²) in [6, 6.07) is 6.73. The molecular formula is C18H20FN3O3. The summed E-state index contributed by atoms with van der Waals surface area (Å²) >= 11 is 0. The Hall–Kier alpha value is -2.67. The zero-order valence-electron chi connectivity index (χ0n) is 14.0. The Kier molecular flexibility index (Phi) is 5.14. The van der Waals surface area contributed by atoms with E-state index < -0.39 is 5.97 Å². The van der Waals surface area contributed by atoms with Crippen LogP contribution in [0, 0.1) is 5.82 Å². The van der Waals surface area contributed by atoms with Gasteiger partial charge in [0.05, 0.1) is 12.8 Å². The highest BCUT2D eigenvalue weighted by Gasteiger charge is 2.21. The Balaban J connectivity index is 1.63. The van der Waals surface area contributed by atoms with Gasteiger partial charge in [0, 0.05) is 45.1 Å². The lowest BCUT2D eigenvalue weighted by Crippen LogP contribution is -2.46. The van der Waals surface area contributed by atoms with E-state index in [4.69, 9.17) is 4.74 Å². The van der Waals surface area contributed by atoms with Gasteiger partial charge in [0.1, 0.15) is 5.56 Å². The number of ether oxygens (including phenoxy) is 1. The van der Waals surface area contributed by atoms with Gasteiger partial charge in [-0.05, 0) is 23.8 Å². The number of carbonyl (C=O) groups is 1. The van der Waals surface area contributed by atoms with E-state index in [1.807, 2.05) is 6.07 Å². The number of hydrogen-bond donors (Lipinski definition) is 1. The average Bonchev–Trinajstić information content (AvgIpc) is 2.62. The molecule has 0 saturated carbocycles. The summed E-state index contributed by atoms with van der Waals surface area (Å²) < 4.78 is 18.7. The second kappa shape index (κ2) is 7.48. The van der Waals surface area contributed by atoms with Gasteiger partial charge >= 0.3 is 5.97 Å². The van der Waals surface area contributed by atoms with Crippen molar-refractivity contribution >= 4 is 11.7 Å². The third-order valence-corrected chi connectivity index (χ3v) is 4.36. The zero-order chi connectivity index (χ0) is 17.8. The van der Waals surface area contributed by atoms with Crippen molar-refractivity contribution in [3.8, 4) is 5.75 Å². The van der Waals surface area contributed by atoms with E-state index in [1.54, 1.807) is 18.3 Å². The molecule has 1 aliphatic rings. The number of anilines is 1. The third-order valence-electron chi connectivity index (χ3n) is 4.36. The van der Waals surface area contributed by atoms with E-state index in [2.05, 4.69) is 14.8 Å². The van der Waals surface area contributed by atoms with E-state index in [9.17, 15) is 14.3 Å². The van der Waals surface area contributed by atoms with E-state index in [1.165, 1.54) is 19.4 Å². The highest BCUT2D eigenvalue weighted by Crippen LogP contribution is 2.22. The molecule has 6 nitrogen and oxygen atoms in total. The summed E-state index contributed by atoms with van der Waals surface area (Å²) in [7, 11) is 1.45. The van der Waals surface area contributed by atoms with Crippen molar-refractivity contribution in [1.29, 1.82) is 0 Å². The molecule has 7 heteroatoms. The summed E-state index contributed by atoms with van der Waals surface area (Å²) in [5.41, 5.74) is 1.80. The predicted octanol–water partition coefficient (Wildman–Crippen LogP) is 2.25. The number of pyridine rings is 1. The smallest absolute Gasteiger partial charge is 0.339 e. The van der Waals surface area contributed by atoms with Crippen molar-refractivity contribution in [3.05, 3.63) is 53.6 Å². The molecule has 1 fully saturated rings. The van der Waals surface area contributed by atoms with Gasteiger partial charge in [-0.2, -0.15) is 0 Å².